The van der Waals surface area contributed by atoms with E-state index in [9.17, 15) is 8.42 Å². The molecule has 19 heavy (non-hydrogen) atoms. The van der Waals surface area contributed by atoms with Crippen molar-refractivity contribution in [3.8, 4) is 0 Å². The Bertz CT molecular complexity index is 564. The molecule has 0 spiro atoms. The fourth-order valence-electron chi connectivity index (χ4n) is 2.28. The number of aryl methyl sites for hydroxylation is 1. The van der Waals surface area contributed by atoms with E-state index in [0.717, 1.165) is 18.6 Å². The van der Waals surface area contributed by atoms with Gasteiger partial charge in [-0.2, -0.15) is 11.8 Å². The number of thioether (sulfide) groups is 1. The van der Waals surface area contributed by atoms with Gasteiger partial charge in [-0.3, -0.25) is 0 Å². The summed E-state index contributed by atoms with van der Waals surface area (Å²) in [5, 5.41) is 0. The van der Waals surface area contributed by atoms with Crippen LogP contribution in [0.1, 0.15) is 25.3 Å². The van der Waals surface area contributed by atoms with Crippen LogP contribution in [0.25, 0.3) is 0 Å². The van der Waals surface area contributed by atoms with Crippen molar-refractivity contribution in [1.82, 2.24) is 4.72 Å². The average Bonchev–Trinajstić information content (AvgIpc) is 2.74. The first kappa shape index (κ1) is 14.7. The Kier molecular flexibility index (Phi) is 4.13. The number of rotatable bonds is 4. The van der Waals surface area contributed by atoms with Crippen molar-refractivity contribution in [2.45, 2.75) is 36.3 Å². The Labute approximate surface area is 119 Å². The van der Waals surface area contributed by atoms with Crippen LogP contribution >= 0.6 is 11.8 Å². The normalized spacial score (nSPS) is 23.7. The van der Waals surface area contributed by atoms with Crippen LogP contribution in [0.2, 0.25) is 0 Å². The second-order valence-electron chi connectivity index (χ2n) is 5.25. The second-order valence-corrected chi connectivity index (χ2v) is 8.67. The molecule has 0 aliphatic carbocycles. The zero-order valence-electron chi connectivity index (χ0n) is 11.3. The van der Waals surface area contributed by atoms with Crippen LogP contribution in [0.4, 0.5) is 5.69 Å². The number of benzene rings is 1. The molecule has 1 fully saturated rings. The predicted molar refractivity (Wildman–Crippen MR) is 80.9 cm³/mol. The lowest BCUT2D eigenvalue weighted by molar-refractivity contribution is 0.552. The Morgan fingerprint density at radius 2 is 2.21 bits per heavy atom. The Morgan fingerprint density at radius 1 is 1.47 bits per heavy atom. The third kappa shape index (κ3) is 3.43. The highest BCUT2D eigenvalue weighted by molar-refractivity contribution is 8.01. The SMILES string of the molecule is Cc1cc(N)ccc1S(=O)(=O)NCC1(C)CCCS1. The first-order valence-electron chi connectivity index (χ1n) is 6.32. The molecule has 106 valence electrons. The summed E-state index contributed by atoms with van der Waals surface area (Å²) in [7, 11) is -3.45. The fraction of sp³-hybridized carbons (Fsp3) is 0.538. The van der Waals surface area contributed by atoms with Gasteiger partial charge in [0, 0.05) is 17.0 Å². The number of sulfonamides is 1. The highest BCUT2D eigenvalue weighted by atomic mass is 32.2. The van der Waals surface area contributed by atoms with E-state index in [-0.39, 0.29) is 4.75 Å². The van der Waals surface area contributed by atoms with Gasteiger partial charge in [-0.05, 0) is 56.2 Å². The van der Waals surface area contributed by atoms with E-state index in [4.69, 9.17) is 5.73 Å². The van der Waals surface area contributed by atoms with Crippen LogP contribution in [0.3, 0.4) is 0 Å². The lowest BCUT2D eigenvalue weighted by Gasteiger charge is -2.23. The zero-order chi connectivity index (χ0) is 14.1. The molecule has 1 aromatic carbocycles. The van der Waals surface area contributed by atoms with Gasteiger partial charge < -0.3 is 5.73 Å². The van der Waals surface area contributed by atoms with Gasteiger partial charge in [0.25, 0.3) is 0 Å². The Morgan fingerprint density at radius 3 is 2.79 bits per heavy atom. The summed E-state index contributed by atoms with van der Waals surface area (Å²) < 4.78 is 27.4. The minimum atomic E-state index is -3.45. The van der Waals surface area contributed by atoms with Gasteiger partial charge in [0.2, 0.25) is 10.0 Å². The average molecular weight is 300 g/mol. The Hall–Kier alpha value is -0.720. The maximum atomic E-state index is 12.3. The first-order valence-corrected chi connectivity index (χ1v) is 8.79. The number of anilines is 1. The lowest BCUT2D eigenvalue weighted by atomic mass is 10.1. The molecule has 2 rings (SSSR count). The topological polar surface area (TPSA) is 72.2 Å². The second kappa shape index (κ2) is 5.34. The highest BCUT2D eigenvalue weighted by Gasteiger charge is 2.31. The summed E-state index contributed by atoms with van der Waals surface area (Å²) in [5.41, 5.74) is 6.90. The molecule has 1 saturated heterocycles. The molecule has 4 nitrogen and oxygen atoms in total. The highest BCUT2D eigenvalue weighted by Crippen LogP contribution is 2.37. The third-order valence-electron chi connectivity index (χ3n) is 3.43. The van der Waals surface area contributed by atoms with E-state index in [1.54, 1.807) is 25.1 Å². The van der Waals surface area contributed by atoms with Crippen LogP contribution in [0, 0.1) is 6.92 Å². The van der Waals surface area contributed by atoms with Crippen LogP contribution in [0.15, 0.2) is 23.1 Å². The van der Waals surface area contributed by atoms with Gasteiger partial charge in [-0.1, -0.05) is 0 Å². The standard InChI is InChI=1S/C13H20N2O2S2/c1-10-8-11(14)4-5-12(10)19(16,17)15-9-13(2)6-3-7-18-13/h4-5,8,15H,3,6-7,9,14H2,1-2H3. The maximum Gasteiger partial charge on any atom is 0.240 e. The van der Waals surface area contributed by atoms with Gasteiger partial charge in [-0.15, -0.1) is 0 Å². The summed E-state index contributed by atoms with van der Waals surface area (Å²) in [5.74, 6) is 1.11. The summed E-state index contributed by atoms with van der Waals surface area (Å²) in [6, 6.07) is 4.87. The molecule has 1 heterocycles. The quantitative estimate of drug-likeness (QED) is 0.836. The van der Waals surface area contributed by atoms with Crippen LogP contribution < -0.4 is 10.5 Å². The molecule has 1 atom stereocenters. The molecule has 0 amide bonds. The molecule has 0 aromatic heterocycles. The van der Waals surface area contributed by atoms with Crippen molar-refractivity contribution in [3.05, 3.63) is 23.8 Å². The lowest BCUT2D eigenvalue weighted by Crippen LogP contribution is -2.36. The van der Waals surface area contributed by atoms with Gasteiger partial charge in [-0.25, -0.2) is 13.1 Å². The number of nitrogens with one attached hydrogen (secondary N) is 1. The van der Waals surface area contributed by atoms with Gasteiger partial charge >= 0.3 is 0 Å². The van der Waals surface area contributed by atoms with Crippen LogP contribution in [-0.4, -0.2) is 25.5 Å². The molecular formula is C13H20N2O2S2. The fourth-order valence-corrected chi connectivity index (χ4v) is 5.01. The Balaban J connectivity index is 2.14. The van der Waals surface area contributed by atoms with Crippen molar-refractivity contribution < 1.29 is 8.42 Å². The van der Waals surface area contributed by atoms with E-state index < -0.39 is 10.0 Å². The number of hydrogen-bond acceptors (Lipinski definition) is 4. The molecule has 1 unspecified atom stereocenters. The van der Waals surface area contributed by atoms with Crippen molar-refractivity contribution in [2.24, 2.45) is 0 Å². The first-order chi connectivity index (χ1) is 8.82. The monoisotopic (exact) mass is 300 g/mol. The number of nitrogen functional groups attached to an aromatic ring is 1. The summed E-state index contributed by atoms with van der Waals surface area (Å²) >= 11 is 1.84. The van der Waals surface area contributed by atoms with Crippen LogP contribution in [0.5, 0.6) is 0 Å². The smallest absolute Gasteiger partial charge is 0.240 e. The molecule has 1 aromatic rings. The van der Waals surface area contributed by atoms with Gasteiger partial charge in [0.15, 0.2) is 0 Å². The largest absolute Gasteiger partial charge is 0.399 e. The van der Waals surface area contributed by atoms with Crippen molar-refractivity contribution in [2.75, 3.05) is 18.0 Å². The zero-order valence-corrected chi connectivity index (χ0v) is 12.9. The van der Waals surface area contributed by atoms with Gasteiger partial charge in [0.05, 0.1) is 4.90 Å². The minimum Gasteiger partial charge on any atom is -0.399 e. The van der Waals surface area contributed by atoms with Crippen LogP contribution in [-0.2, 0) is 10.0 Å². The van der Waals surface area contributed by atoms with E-state index in [2.05, 4.69) is 11.6 Å². The third-order valence-corrected chi connectivity index (χ3v) is 6.52. The van der Waals surface area contributed by atoms with Crippen molar-refractivity contribution >= 4 is 27.5 Å². The predicted octanol–water partition coefficient (Wildman–Crippen LogP) is 2.14. The molecule has 1 aliphatic rings. The minimum absolute atomic E-state index is 0.0226. The van der Waals surface area contributed by atoms with E-state index in [0.29, 0.717) is 22.7 Å². The molecule has 3 N–H and O–H groups in total. The van der Waals surface area contributed by atoms with E-state index in [1.165, 1.54) is 0 Å². The van der Waals surface area contributed by atoms with Gasteiger partial charge in [0.1, 0.15) is 0 Å². The molecular weight excluding hydrogens is 280 g/mol. The molecule has 0 bridgehead atoms. The van der Waals surface area contributed by atoms with Crippen molar-refractivity contribution in [1.29, 1.82) is 0 Å². The summed E-state index contributed by atoms with van der Waals surface area (Å²) in [6.45, 7) is 4.35. The van der Waals surface area contributed by atoms with Crippen molar-refractivity contribution in [3.63, 3.8) is 0 Å². The maximum absolute atomic E-state index is 12.3. The van der Waals surface area contributed by atoms with E-state index >= 15 is 0 Å². The molecule has 6 heteroatoms. The molecule has 0 saturated carbocycles. The van der Waals surface area contributed by atoms with E-state index in [1.807, 2.05) is 11.8 Å². The number of nitrogens with two attached hydrogens (primary N) is 1. The molecule has 1 aliphatic heterocycles. The number of hydrogen-bond donors (Lipinski definition) is 2. The summed E-state index contributed by atoms with van der Waals surface area (Å²) in [6.07, 6.45) is 2.21. The summed E-state index contributed by atoms with van der Waals surface area (Å²) in [4.78, 5) is 0.313. The molecule has 0 radical (unpaired) electrons.